The monoisotopic (exact) mass is 299 g/mol. The van der Waals surface area contributed by atoms with Crippen molar-refractivity contribution in [1.82, 2.24) is 5.16 Å². The number of hydrogen-bond acceptors (Lipinski definition) is 4. The highest BCUT2D eigenvalue weighted by molar-refractivity contribution is 6.36. The van der Waals surface area contributed by atoms with Gasteiger partial charge in [-0.25, -0.2) is 4.79 Å². The second kappa shape index (κ2) is 5.63. The van der Waals surface area contributed by atoms with Gasteiger partial charge in [0.05, 0.1) is 17.3 Å². The summed E-state index contributed by atoms with van der Waals surface area (Å²) in [6.07, 6.45) is 0. The van der Waals surface area contributed by atoms with Gasteiger partial charge in [-0.2, -0.15) is 0 Å². The predicted octanol–water partition coefficient (Wildman–Crippen LogP) is 4.13. The summed E-state index contributed by atoms with van der Waals surface area (Å²) >= 11 is 11.9. The van der Waals surface area contributed by atoms with E-state index in [9.17, 15) is 4.79 Å². The van der Waals surface area contributed by atoms with Crippen LogP contribution < -0.4 is 0 Å². The maximum atomic E-state index is 11.9. The van der Waals surface area contributed by atoms with Gasteiger partial charge in [0, 0.05) is 10.6 Å². The molecule has 0 saturated carbocycles. The number of aryl methyl sites for hydroxylation is 1. The van der Waals surface area contributed by atoms with Gasteiger partial charge in [0.25, 0.3) is 0 Å². The standard InChI is InChI=1S/C13H11Cl2NO3/c1-3-18-13(17)11-7(2)16-19-12(11)9-5-4-8(14)6-10(9)15/h4-6H,3H2,1-2H3. The average Bonchev–Trinajstić information content (AvgIpc) is 2.71. The smallest absolute Gasteiger partial charge is 0.344 e. The van der Waals surface area contributed by atoms with Crippen molar-refractivity contribution in [2.24, 2.45) is 0 Å². The van der Waals surface area contributed by atoms with Crippen LogP contribution in [0.3, 0.4) is 0 Å². The van der Waals surface area contributed by atoms with E-state index in [0.29, 0.717) is 21.3 Å². The Labute approximate surface area is 120 Å². The number of halogens is 2. The van der Waals surface area contributed by atoms with Gasteiger partial charge < -0.3 is 9.26 Å². The van der Waals surface area contributed by atoms with E-state index in [-0.39, 0.29) is 17.9 Å². The third kappa shape index (κ3) is 2.74. The maximum Gasteiger partial charge on any atom is 0.344 e. The van der Waals surface area contributed by atoms with Crippen molar-refractivity contribution in [3.05, 3.63) is 39.5 Å². The molecule has 1 aromatic heterocycles. The molecule has 0 aliphatic heterocycles. The second-order valence-electron chi connectivity index (χ2n) is 3.82. The lowest BCUT2D eigenvalue weighted by Gasteiger charge is -2.04. The molecule has 0 radical (unpaired) electrons. The molecule has 0 aliphatic carbocycles. The maximum absolute atomic E-state index is 11.9. The lowest BCUT2D eigenvalue weighted by Crippen LogP contribution is -2.06. The summed E-state index contributed by atoms with van der Waals surface area (Å²) in [5.74, 6) is -0.195. The number of carbonyl (C=O) groups excluding carboxylic acids is 1. The zero-order valence-electron chi connectivity index (χ0n) is 10.4. The fourth-order valence-electron chi connectivity index (χ4n) is 1.67. The van der Waals surface area contributed by atoms with Crippen molar-refractivity contribution in [1.29, 1.82) is 0 Å². The van der Waals surface area contributed by atoms with Gasteiger partial charge in [0.1, 0.15) is 5.56 Å². The number of ether oxygens (including phenoxy) is 1. The lowest BCUT2D eigenvalue weighted by atomic mass is 10.1. The van der Waals surface area contributed by atoms with E-state index >= 15 is 0 Å². The molecule has 1 heterocycles. The van der Waals surface area contributed by atoms with Crippen LogP contribution >= 0.6 is 23.2 Å². The summed E-state index contributed by atoms with van der Waals surface area (Å²) in [5, 5.41) is 4.68. The first-order valence-electron chi connectivity index (χ1n) is 5.63. The highest BCUT2D eigenvalue weighted by Gasteiger charge is 2.24. The minimum atomic E-state index is -0.484. The van der Waals surface area contributed by atoms with Crippen molar-refractivity contribution in [3.8, 4) is 11.3 Å². The van der Waals surface area contributed by atoms with E-state index < -0.39 is 5.97 Å². The van der Waals surface area contributed by atoms with Crippen LogP contribution in [0.1, 0.15) is 23.0 Å². The SMILES string of the molecule is CCOC(=O)c1c(C)noc1-c1ccc(Cl)cc1Cl. The molecule has 6 heteroatoms. The quantitative estimate of drug-likeness (QED) is 0.800. The topological polar surface area (TPSA) is 52.3 Å². The zero-order valence-corrected chi connectivity index (χ0v) is 11.9. The number of nitrogens with zero attached hydrogens (tertiary/aromatic N) is 1. The molecule has 2 aromatic rings. The molecule has 0 amide bonds. The Kier molecular flexibility index (Phi) is 4.12. The van der Waals surface area contributed by atoms with Gasteiger partial charge in [0.2, 0.25) is 0 Å². The van der Waals surface area contributed by atoms with Gasteiger partial charge in [-0.05, 0) is 32.0 Å². The fraction of sp³-hybridized carbons (Fsp3) is 0.231. The molecule has 0 N–H and O–H groups in total. The number of rotatable bonds is 3. The highest BCUT2D eigenvalue weighted by Crippen LogP contribution is 2.34. The molecule has 1 aromatic carbocycles. The Morgan fingerprint density at radius 3 is 2.79 bits per heavy atom. The molecular weight excluding hydrogens is 289 g/mol. The fourth-order valence-corrected chi connectivity index (χ4v) is 2.17. The zero-order chi connectivity index (χ0) is 14.0. The van der Waals surface area contributed by atoms with Crippen LogP contribution in [-0.4, -0.2) is 17.7 Å². The van der Waals surface area contributed by atoms with Crippen LogP contribution in [-0.2, 0) is 4.74 Å². The van der Waals surface area contributed by atoms with Crippen LogP contribution in [0.5, 0.6) is 0 Å². The van der Waals surface area contributed by atoms with Crippen LogP contribution in [0.25, 0.3) is 11.3 Å². The summed E-state index contributed by atoms with van der Waals surface area (Å²) in [6.45, 7) is 3.68. The molecule has 19 heavy (non-hydrogen) atoms. The molecule has 0 atom stereocenters. The normalized spacial score (nSPS) is 10.5. The number of esters is 1. The molecule has 0 bridgehead atoms. The first-order valence-corrected chi connectivity index (χ1v) is 6.39. The molecule has 0 spiro atoms. The van der Waals surface area contributed by atoms with Gasteiger partial charge in [-0.1, -0.05) is 28.4 Å². The van der Waals surface area contributed by atoms with E-state index in [4.69, 9.17) is 32.5 Å². The van der Waals surface area contributed by atoms with Crippen LogP contribution in [0.4, 0.5) is 0 Å². The van der Waals surface area contributed by atoms with Gasteiger partial charge in [-0.3, -0.25) is 0 Å². The van der Waals surface area contributed by atoms with E-state index in [1.807, 2.05) is 0 Å². The van der Waals surface area contributed by atoms with Crippen LogP contribution in [0.15, 0.2) is 22.7 Å². The van der Waals surface area contributed by atoms with Crippen molar-refractivity contribution in [2.75, 3.05) is 6.61 Å². The van der Waals surface area contributed by atoms with Gasteiger partial charge in [-0.15, -0.1) is 0 Å². The number of aromatic nitrogens is 1. The largest absolute Gasteiger partial charge is 0.462 e. The van der Waals surface area contributed by atoms with Gasteiger partial charge in [0.15, 0.2) is 5.76 Å². The molecule has 2 rings (SSSR count). The van der Waals surface area contributed by atoms with Crippen molar-refractivity contribution in [3.63, 3.8) is 0 Å². The summed E-state index contributed by atoms with van der Waals surface area (Å²) in [6, 6.07) is 4.91. The third-order valence-corrected chi connectivity index (χ3v) is 3.07. The summed E-state index contributed by atoms with van der Waals surface area (Å²) in [7, 11) is 0. The number of hydrogen-bond donors (Lipinski definition) is 0. The minimum Gasteiger partial charge on any atom is -0.462 e. The Hall–Kier alpha value is -1.52. The average molecular weight is 300 g/mol. The van der Waals surface area contributed by atoms with Crippen LogP contribution in [0.2, 0.25) is 10.0 Å². The van der Waals surface area contributed by atoms with Crippen molar-refractivity contribution in [2.45, 2.75) is 13.8 Å². The molecule has 0 fully saturated rings. The lowest BCUT2D eigenvalue weighted by molar-refractivity contribution is 0.0526. The molecule has 0 saturated heterocycles. The second-order valence-corrected chi connectivity index (χ2v) is 4.66. The van der Waals surface area contributed by atoms with E-state index in [0.717, 1.165) is 0 Å². The Morgan fingerprint density at radius 2 is 2.16 bits per heavy atom. The van der Waals surface area contributed by atoms with Gasteiger partial charge >= 0.3 is 5.97 Å². The minimum absolute atomic E-state index is 0.275. The summed E-state index contributed by atoms with van der Waals surface area (Å²) in [5.41, 5.74) is 1.29. The Bertz CT molecular complexity index is 622. The summed E-state index contributed by atoms with van der Waals surface area (Å²) in [4.78, 5) is 11.9. The first-order chi connectivity index (χ1) is 9.04. The molecule has 0 unspecified atom stereocenters. The van der Waals surface area contributed by atoms with Crippen molar-refractivity contribution >= 4 is 29.2 Å². The molecular formula is C13H11Cl2NO3. The van der Waals surface area contributed by atoms with Crippen LogP contribution in [0, 0.1) is 6.92 Å². The van der Waals surface area contributed by atoms with E-state index in [1.165, 1.54) is 0 Å². The molecule has 0 aliphatic rings. The Morgan fingerprint density at radius 1 is 1.42 bits per heavy atom. The predicted molar refractivity (Wildman–Crippen MR) is 72.7 cm³/mol. The van der Waals surface area contributed by atoms with Crippen molar-refractivity contribution < 1.29 is 14.1 Å². The van der Waals surface area contributed by atoms with E-state index in [2.05, 4.69) is 5.16 Å². The molecule has 4 nitrogen and oxygen atoms in total. The Balaban J connectivity index is 2.54. The third-order valence-electron chi connectivity index (χ3n) is 2.52. The number of benzene rings is 1. The molecule has 100 valence electrons. The highest BCUT2D eigenvalue weighted by atomic mass is 35.5. The summed E-state index contributed by atoms with van der Waals surface area (Å²) < 4.78 is 10.2. The first kappa shape index (κ1) is 13.9. The van der Waals surface area contributed by atoms with E-state index in [1.54, 1.807) is 32.0 Å². The number of carbonyl (C=O) groups is 1.